The van der Waals surface area contributed by atoms with Crippen molar-refractivity contribution in [2.24, 2.45) is 0 Å². The van der Waals surface area contributed by atoms with E-state index in [-0.39, 0.29) is 0 Å². The number of aromatic nitrogens is 3. The van der Waals surface area contributed by atoms with Gasteiger partial charge in [0.25, 0.3) is 0 Å². The van der Waals surface area contributed by atoms with E-state index in [1.807, 2.05) is 24.7 Å². The summed E-state index contributed by atoms with van der Waals surface area (Å²) in [6.07, 6.45) is 9.49. The van der Waals surface area contributed by atoms with Gasteiger partial charge in [-0.1, -0.05) is 0 Å². The maximum absolute atomic E-state index is 4.19. The molecule has 90 valence electrons. The minimum atomic E-state index is 0.887. The Bertz CT molecular complexity index is 436. The molecule has 0 saturated heterocycles. The highest BCUT2D eigenvalue weighted by Gasteiger charge is 1.98. The Hall–Kier alpha value is -1.68. The molecule has 0 aliphatic carbocycles. The number of imidazole rings is 1. The van der Waals surface area contributed by atoms with Crippen LogP contribution in [0.15, 0.2) is 30.9 Å². The lowest BCUT2D eigenvalue weighted by molar-refractivity contribution is 0.638. The summed E-state index contributed by atoms with van der Waals surface area (Å²) in [4.78, 5) is 11.4. The predicted octanol–water partition coefficient (Wildman–Crippen LogP) is 1.84. The van der Waals surface area contributed by atoms with Gasteiger partial charge in [-0.25, -0.2) is 4.98 Å². The summed E-state index contributed by atoms with van der Waals surface area (Å²) in [5, 5.41) is 3.42. The molecule has 2 aromatic rings. The average molecular weight is 230 g/mol. The maximum atomic E-state index is 4.19. The fourth-order valence-electron chi connectivity index (χ4n) is 1.72. The first-order valence-electron chi connectivity index (χ1n) is 5.95. The van der Waals surface area contributed by atoms with E-state index >= 15 is 0 Å². The molecule has 0 fully saturated rings. The van der Waals surface area contributed by atoms with Crippen molar-refractivity contribution in [1.82, 2.24) is 20.3 Å². The van der Waals surface area contributed by atoms with Gasteiger partial charge in [0.15, 0.2) is 0 Å². The number of rotatable bonds is 6. The number of H-pyrrole nitrogens is 1. The van der Waals surface area contributed by atoms with Gasteiger partial charge in [0, 0.05) is 37.8 Å². The Morgan fingerprint density at radius 2 is 2.29 bits per heavy atom. The van der Waals surface area contributed by atoms with Crippen LogP contribution >= 0.6 is 0 Å². The highest BCUT2D eigenvalue weighted by atomic mass is 14.9. The molecule has 17 heavy (non-hydrogen) atoms. The Morgan fingerprint density at radius 1 is 1.35 bits per heavy atom. The van der Waals surface area contributed by atoms with Gasteiger partial charge in [0.1, 0.15) is 5.82 Å². The highest BCUT2D eigenvalue weighted by Crippen LogP contribution is 2.04. The third kappa shape index (κ3) is 3.67. The summed E-state index contributed by atoms with van der Waals surface area (Å²) in [6.45, 7) is 3.99. The summed E-state index contributed by atoms with van der Waals surface area (Å²) >= 11 is 0. The number of nitrogens with zero attached hydrogens (tertiary/aromatic N) is 2. The molecular formula is C13H18N4. The molecule has 2 aromatic heterocycles. The van der Waals surface area contributed by atoms with Gasteiger partial charge in [0.05, 0.1) is 0 Å². The summed E-state index contributed by atoms with van der Waals surface area (Å²) in [7, 11) is 0. The second-order valence-corrected chi connectivity index (χ2v) is 4.12. The number of hydrogen-bond donors (Lipinski definition) is 2. The molecule has 0 aliphatic rings. The predicted molar refractivity (Wildman–Crippen MR) is 67.6 cm³/mol. The number of pyridine rings is 1. The lowest BCUT2D eigenvalue weighted by Gasteiger charge is -2.06. The summed E-state index contributed by atoms with van der Waals surface area (Å²) in [5.41, 5.74) is 2.56. The molecule has 0 atom stereocenters. The summed E-state index contributed by atoms with van der Waals surface area (Å²) in [5.74, 6) is 1.06. The molecule has 0 bridgehead atoms. The first-order valence-corrected chi connectivity index (χ1v) is 5.95. The Morgan fingerprint density at radius 3 is 3.06 bits per heavy atom. The van der Waals surface area contributed by atoms with Crippen LogP contribution in [0.2, 0.25) is 0 Å². The number of aromatic amines is 1. The molecule has 2 heterocycles. The van der Waals surface area contributed by atoms with Gasteiger partial charge >= 0.3 is 0 Å². The van der Waals surface area contributed by atoms with Crippen molar-refractivity contribution >= 4 is 0 Å². The van der Waals surface area contributed by atoms with Gasteiger partial charge in [-0.3, -0.25) is 4.98 Å². The summed E-state index contributed by atoms with van der Waals surface area (Å²) in [6, 6.07) is 2.04. The normalized spacial score (nSPS) is 10.6. The van der Waals surface area contributed by atoms with Crippen LogP contribution in [0, 0.1) is 6.92 Å². The van der Waals surface area contributed by atoms with E-state index in [0.717, 1.165) is 31.8 Å². The van der Waals surface area contributed by atoms with Crippen molar-refractivity contribution in [3.8, 4) is 0 Å². The standard InChI is InChI=1S/C13H18N4/c1-11-4-6-15-10-12(11)9-14-5-2-3-13-16-7-8-17-13/h4,6-8,10,14H,2-3,5,9H2,1H3,(H,16,17). The zero-order valence-corrected chi connectivity index (χ0v) is 10.1. The van der Waals surface area contributed by atoms with Gasteiger partial charge in [0.2, 0.25) is 0 Å². The van der Waals surface area contributed by atoms with Crippen LogP contribution in [0.5, 0.6) is 0 Å². The third-order valence-electron chi connectivity index (χ3n) is 2.78. The van der Waals surface area contributed by atoms with Crippen LogP contribution in [0.3, 0.4) is 0 Å². The van der Waals surface area contributed by atoms with Gasteiger partial charge in [-0.05, 0) is 37.1 Å². The minimum Gasteiger partial charge on any atom is -0.349 e. The lowest BCUT2D eigenvalue weighted by atomic mass is 10.1. The maximum Gasteiger partial charge on any atom is 0.106 e. The topological polar surface area (TPSA) is 53.6 Å². The molecule has 0 amide bonds. The zero-order valence-electron chi connectivity index (χ0n) is 10.1. The van der Waals surface area contributed by atoms with Crippen molar-refractivity contribution in [3.05, 3.63) is 47.8 Å². The molecular weight excluding hydrogens is 212 g/mol. The van der Waals surface area contributed by atoms with Crippen molar-refractivity contribution in [1.29, 1.82) is 0 Å². The molecule has 0 spiro atoms. The first kappa shape index (κ1) is 11.8. The van der Waals surface area contributed by atoms with Crippen LogP contribution in [-0.4, -0.2) is 21.5 Å². The Kier molecular flexibility index (Phi) is 4.27. The Balaban J connectivity index is 1.65. The van der Waals surface area contributed by atoms with Crippen molar-refractivity contribution in [2.45, 2.75) is 26.3 Å². The van der Waals surface area contributed by atoms with Crippen LogP contribution in [0.1, 0.15) is 23.4 Å². The summed E-state index contributed by atoms with van der Waals surface area (Å²) < 4.78 is 0. The number of hydrogen-bond acceptors (Lipinski definition) is 3. The van der Waals surface area contributed by atoms with Crippen LogP contribution in [0.4, 0.5) is 0 Å². The second kappa shape index (κ2) is 6.15. The largest absolute Gasteiger partial charge is 0.349 e. The van der Waals surface area contributed by atoms with Crippen molar-refractivity contribution in [2.75, 3.05) is 6.54 Å². The van der Waals surface area contributed by atoms with E-state index in [4.69, 9.17) is 0 Å². The van der Waals surface area contributed by atoms with Gasteiger partial charge in [-0.15, -0.1) is 0 Å². The van der Waals surface area contributed by atoms with E-state index in [2.05, 4.69) is 27.2 Å². The third-order valence-corrected chi connectivity index (χ3v) is 2.78. The molecule has 2 N–H and O–H groups in total. The monoisotopic (exact) mass is 230 g/mol. The lowest BCUT2D eigenvalue weighted by Crippen LogP contribution is -2.16. The molecule has 0 aromatic carbocycles. The van der Waals surface area contributed by atoms with Gasteiger partial charge < -0.3 is 10.3 Å². The van der Waals surface area contributed by atoms with Crippen molar-refractivity contribution in [3.63, 3.8) is 0 Å². The van der Waals surface area contributed by atoms with Crippen LogP contribution < -0.4 is 5.32 Å². The quantitative estimate of drug-likeness (QED) is 0.744. The smallest absolute Gasteiger partial charge is 0.106 e. The number of nitrogens with one attached hydrogen (secondary N) is 2. The zero-order chi connectivity index (χ0) is 11.9. The molecule has 0 radical (unpaired) electrons. The Labute approximate surface area is 102 Å². The van der Waals surface area contributed by atoms with Crippen LogP contribution in [0.25, 0.3) is 0 Å². The molecule has 0 saturated carbocycles. The molecule has 4 nitrogen and oxygen atoms in total. The SMILES string of the molecule is Cc1ccncc1CNCCCc1ncc[nH]1. The van der Waals surface area contributed by atoms with Crippen LogP contribution in [-0.2, 0) is 13.0 Å². The minimum absolute atomic E-state index is 0.887. The first-order chi connectivity index (χ1) is 8.36. The van der Waals surface area contributed by atoms with E-state index in [1.165, 1.54) is 11.1 Å². The molecule has 2 rings (SSSR count). The fourth-order valence-corrected chi connectivity index (χ4v) is 1.72. The molecule has 4 heteroatoms. The number of aryl methyl sites for hydroxylation is 2. The molecule has 0 unspecified atom stereocenters. The highest BCUT2D eigenvalue weighted by molar-refractivity contribution is 5.20. The van der Waals surface area contributed by atoms with E-state index in [9.17, 15) is 0 Å². The van der Waals surface area contributed by atoms with E-state index < -0.39 is 0 Å². The van der Waals surface area contributed by atoms with Crippen molar-refractivity contribution < 1.29 is 0 Å². The molecule has 0 aliphatic heterocycles. The average Bonchev–Trinajstić information content (AvgIpc) is 2.84. The second-order valence-electron chi connectivity index (χ2n) is 4.12. The van der Waals surface area contributed by atoms with E-state index in [0.29, 0.717) is 0 Å². The van der Waals surface area contributed by atoms with E-state index in [1.54, 1.807) is 6.20 Å². The van der Waals surface area contributed by atoms with Gasteiger partial charge in [-0.2, -0.15) is 0 Å². The fraction of sp³-hybridized carbons (Fsp3) is 0.385.